The molecule has 9 nitrogen and oxygen atoms in total. The van der Waals surface area contributed by atoms with Gasteiger partial charge in [-0.15, -0.1) is 0 Å². The number of imidazole rings is 1. The summed E-state index contributed by atoms with van der Waals surface area (Å²) < 4.78 is 29.1. The Hall–Kier alpha value is -3.05. The summed E-state index contributed by atoms with van der Waals surface area (Å²) in [5.74, 6) is -0.602. The van der Waals surface area contributed by atoms with Crippen LogP contribution in [0, 0.1) is 10.1 Å². The molecule has 0 unspecified atom stereocenters. The molecule has 0 fully saturated rings. The Kier molecular flexibility index (Phi) is 5.06. The number of rotatable bonds is 6. The van der Waals surface area contributed by atoms with Crippen molar-refractivity contribution in [1.29, 1.82) is 0 Å². The molecule has 0 aliphatic heterocycles. The van der Waals surface area contributed by atoms with E-state index in [1.54, 1.807) is 30.5 Å². The quantitative estimate of drug-likeness (QED) is 0.476. The van der Waals surface area contributed by atoms with E-state index in [2.05, 4.69) is 9.71 Å². The van der Waals surface area contributed by atoms with Gasteiger partial charge in [0, 0.05) is 36.1 Å². The van der Waals surface area contributed by atoms with Gasteiger partial charge in [0.15, 0.2) is 10.9 Å². The lowest BCUT2D eigenvalue weighted by Gasteiger charge is -2.09. The molecule has 0 atom stereocenters. The number of aromatic nitrogens is 2. The molecule has 0 aliphatic carbocycles. The normalized spacial score (nSPS) is 11.3. The minimum absolute atomic E-state index is 0.301. The molecule has 2 N–H and O–H groups in total. The molecule has 0 saturated heterocycles. The average Bonchev–Trinajstić information content (AvgIpc) is 3.01. The molecule has 0 bridgehead atoms. The summed E-state index contributed by atoms with van der Waals surface area (Å²) in [7, 11) is -2.17. The number of aryl methyl sites for hydroxylation is 1. The van der Waals surface area contributed by atoms with Crippen LogP contribution in [0.1, 0.15) is 0 Å². The molecule has 3 aromatic rings. The van der Waals surface area contributed by atoms with Crippen LogP contribution in [0.5, 0.6) is 5.75 Å². The van der Waals surface area contributed by atoms with Crippen molar-refractivity contribution in [3.05, 3.63) is 65.0 Å². The van der Waals surface area contributed by atoms with E-state index < -0.39 is 26.4 Å². The number of benzene rings is 2. The van der Waals surface area contributed by atoms with Crippen molar-refractivity contribution in [3.63, 3.8) is 0 Å². The lowest BCUT2D eigenvalue weighted by atomic mass is 10.3. The number of phenols is 1. The number of nitro groups is 1. The van der Waals surface area contributed by atoms with Crippen molar-refractivity contribution in [1.82, 2.24) is 9.55 Å². The highest BCUT2D eigenvalue weighted by Gasteiger charge is 2.21. The van der Waals surface area contributed by atoms with Gasteiger partial charge in [0.1, 0.15) is 0 Å². The first-order valence-corrected chi connectivity index (χ1v) is 9.82. The molecule has 0 aliphatic rings. The van der Waals surface area contributed by atoms with Gasteiger partial charge in [-0.3, -0.25) is 14.8 Å². The Morgan fingerprint density at radius 1 is 1.22 bits per heavy atom. The van der Waals surface area contributed by atoms with Gasteiger partial charge in [-0.2, -0.15) is 0 Å². The Labute approximate surface area is 158 Å². The van der Waals surface area contributed by atoms with E-state index in [1.807, 2.05) is 17.8 Å². The standard InChI is InChI=1S/C16H14N4O5S2/c1-19-9-8-17-16(19)26-12-4-2-11(3-5-12)18-27(24,25)13-6-7-15(21)14(10-13)20(22)23/h2-10,18,21H,1H3. The maximum atomic E-state index is 12.4. The Morgan fingerprint density at radius 2 is 1.93 bits per heavy atom. The van der Waals surface area contributed by atoms with Crippen molar-refractivity contribution in [2.75, 3.05) is 4.72 Å². The van der Waals surface area contributed by atoms with Crippen molar-refractivity contribution in [2.24, 2.45) is 7.05 Å². The lowest BCUT2D eigenvalue weighted by molar-refractivity contribution is -0.386. The third-order valence-electron chi connectivity index (χ3n) is 3.55. The van der Waals surface area contributed by atoms with Gasteiger partial charge < -0.3 is 9.67 Å². The Bertz CT molecular complexity index is 1090. The molecule has 0 amide bonds. The van der Waals surface area contributed by atoms with Crippen LogP contribution in [-0.4, -0.2) is 28.0 Å². The minimum Gasteiger partial charge on any atom is -0.502 e. The third-order valence-corrected chi connectivity index (χ3v) is 6.01. The molecule has 1 heterocycles. The number of phenolic OH excluding ortho intramolecular Hbond substituents is 1. The van der Waals surface area contributed by atoms with Crippen LogP contribution in [0.3, 0.4) is 0 Å². The van der Waals surface area contributed by atoms with Crippen LogP contribution < -0.4 is 4.72 Å². The van der Waals surface area contributed by atoms with Crippen molar-refractivity contribution in [2.45, 2.75) is 14.9 Å². The smallest absolute Gasteiger partial charge is 0.312 e. The minimum atomic E-state index is -4.04. The number of hydrogen-bond donors (Lipinski definition) is 2. The molecular weight excluding hydrogens is 392 g/mol. The zero-order valence-electron chi connectivity index (χ0n) is 13.9. The number of nitrogens with zero attached hydrogens (tertiary/aromatic N) is 3. The maximum Gasteiger partial charge on any atom is 0.312 e. The van der Waals surface area contributed by atoms with Crippen molar-refractivity contribution < 1.29 is 18.4 Å². The fraction of sp³-hybridized carbons (Fsp3) is 0.0625. The van der Waals surface area contributed by atoms with E-state index in [9.17, 15) is 23.6 Å². The summed E-state index contributed by atoms with van der Waals surface area (Å²) in [4.78, 5) is 14.8. The molecule has 0 spiro atoms. The summed E-state index contributed by atoms with van der Waals surface area (Å²) in [5.41, 5.74) is -0.380. The van der Waals surface area contributed by atoms with Crippen LogP contribution in [0.4, 0.5) is 11.4 Å². The number of aromatic hydroxyl groups is 1. The molecule has 11 heteroatoms. The zero-order valence-corrected chi connectivity index (χ0v) is 15.6. The van der Waals surface area contributed by atoms with E-state index in [-0.39, 0.29) is 4.90 Å². The molecule has 3 rings (SSSR count). The number of anilines is 1. The van der Waals surface area contributed by atoms with Gasteiger partial charge in [0.2, 0.25) is 0 Å². The highest BCUT2D eigenvalue weighted by molar-refractivity contribution is 7.99. The van der Waals surface area contributed by atoms with Crippen LogP contribution in [0.25, 0.3) is 0 Å². The fourth-order valence-electron chi connectivity index (χ4n) is 2.18. The first-order chi connectivity index (χ1) is 12.8. The average molecular weight is 406 g/mol. The van der Waals surface area contributed by atoms with Gasteiger partial charge in [-0.1, -0.05) is 11.8 Å². The second kappa shape index (κ2) is 7.29. The van der Waals surface area contributed by atoms with Crippen LogP contribution in [0.15, 0.2) is 69.8 Å². The highest BCUT2D eigenvalue weighted by Crippen LogP contribution is 2.30. The summed E-state index contributed by atoms with van der Waals surface area (Å²) in [6, 6.07) is 9.50. The van der Waals surface area contributed by atoms with Gasteiger partial charge in [0.25, 0.3) is 10.0 Å². The summed E-state index contributed by atoms with van der Waals surface area (Å²) >= 11 is 1.42. The predicted octanol–water partition coefficient (Wildman–Crippen LogP) is 2.99. The van der Waals surface area contributed by atoms with Crippen LogP contribution >= 0.6 is 11.8 Å². The van der Waals surface area contributed by atoms with E-state index in [1.165, 1.54) is 11.8 Å². The van der Waals surface area contributed by atoms with E-state index >= 15 is 0 Å². The van der Waals surface area contributed by atoms with Gasteiger partial charge in [-0.05, 0) is 36.4 Å². The maximum absolute atomic E-state index is 12.4. The molecular formula is C16H14N4O5S2. The van der Waals surface area contributed by atoms with E-state index in [4.69, 9.17) is 0 Å². The van der Waals surface area contributed by atoms with Gasteiger partial charge in [0.05, 0.1) is 9.82 Å². The SMILES string of the molecule is Cn1ccnc1Sc1ccc(NS(=O)(=O)c2ccc(O)c([N+](=O)[O-])c2)cc1. The Balaban J connectivity index is 1.79. The van der Waals surface area contributed by atoms with Crippen molar-refractivity contribution in [3.8, 4) is 5.75 Å². The largest absolute Gasteiger partial charge is 0.502 e. The summed E-state index contributed by atoms with van der Waals surface area (Å²) in [6.07, 6.45) is 3.50. The first-order valence-electron chi connectivity index (χ1n) is 7.52. The number of sulfonamides is 1. The number of nitrogens with one attached hydrogen (secondary N) is 1. The second-order valence-electron chi connectivity index (χ2n) is 5.46. The second-order valence-corrected chi connectivity index (χ2v) is 8.18. The fourth-order valence-corrected chi connectivity index (χ4v) is 4.06. The molecule has 27 heavy (non-hydrogen) atoms. The Morgan fingerprint density at radius 3 is 2.52 bits per heavy atom. The number of nitro benzene ring substituents is 1. The predicted molar refractivity (Wildman–Crippen MR) is 99.3 cm³/mol. The summed E-state index contributed by atoms with van der Waals surface area (Å²) in [5, 5.41) is 21.1. The molecule has 140 valence electrons. The number of hydrogen-bond acceptors (Lipinski definition) is 7. The molecule has 1 aromatic heterocycles. The monoisotopic (exact) mass is 406 g/mol. The lowest BCUT2D eigenvalue weighted by Crippen LogP contribution is -2.13. The molecule has 0 saturated carbocycles. The summed E-state index contributed by atoms with van der Waals surface area (Å²) in [6.45, 7) is 0. The molecule has 0 radical (unpaired) electrons. The first kappa shape index (κ1) is 18.7. The zero-order chi connectivity index (χ0) is 19.6. The van der Waals surface area contributed by atoms with Gasteiger partial charge in [-0.25, -0.2) is 13.4 Å². The van der Waals surface area contributed by atoms with E-state index in [0.717, 1.165) is 28.3 Å². The van der Waals surface area contributed by atoms with E-state index in [0.29, 0.717) is 5.69 Å². The highest BCUT2D eigenvalue weighted by atomic mass is 32.2. The van der Waals surface area contributed by atoms with Crippen LogP contribution in [-0.2, 0) is 17.1 Å². The van der Waals surface area contributed by atoms with Crippen molar-refractivity contribution >= 4 is 33.2 Å². The van der Waals surface area contributed by atoms with Crippen LogP contribution in [0.2, 0.25) is 0 Å². The molecule has 2 aromatic carbocycles. The van der Waals surface area contributed by atoms with Gasteiger partial charge >= 0.3 is 5.69 Å². The topological polar surface area (TPSA) is 127 Å². The third kappa shape index (κ3) is 4.20.